The summed E-state index contributed by atoms with van der Waals surface area (Å²) in [5.74, 6) is 0.581. The van der Waals surface area contributed by atoms with Gasteiger partial charge in [0.25, 0.3) is 5.91 Å². The molecule has 0 radical (unpaired) electrons. The van der Waals surface area contributed by atoms with E-state index in [0.29, 0.717) is 36.8 Å². The molecule has 0 heterocycles. The van der Waals surface area contributed by atoms with Crippen LogP contribution in [0.2, 0.25) is 0 Å². The van der Waals surface area contributed by atoms with Gasteiger partial charge in [-0.05, 0) is 38.5 Å². The van der Waals surface area contributed by atoms with Gasteiger partial charge in [-0.3, -0.25) is 4.79 Å². The zero-order valence-corrected chi connectivity index (χ0v) is 13.4. The van der Waals surface area contributed by atoms with Crippen LogP contribution in [0, 0.1) is 0 Å². The number of carbonyl (C=O) groups is 1. The summed E-state index contributed by atoms with van der Waals surface area (Å²) in [5.41, 5.74) is 6.99. The number of amides is 1. The summed E-state index contributed by atoms with van der Waals surface area (Å²) in [5, 5.41) is 0. The van der Waals surface area contributed by atoms with Gasteiger partial charge in [0.15, 0.2) is 0 Å². The predicted molar refractivity (Wildman–Crippen MR) is 84.7 cm³/mol. The molecular weight excluding hydrogens is 268 g/mol. The Morgan fingerprint density at radius 2 is 2.10 bits per heavy atom. The summed E-state index contributed by atoms with van der Waals surface area (Å²) >= 11 is 0. The third-order valence-corrected chi connectivity index (χ3v) is 3.48. The van der Waals surface area contributed by atoms with Crippen LogP contribution in [0.5, 0.6) is 5.75 Å². The Morgan fingerprint density at radius 1 is 1.38 bits per heavy atom. The molecule has 0 aliphatic rings. The fourth-order valence-corrected chi connectivity index (χ4v) is 2.07. The number of hydrogen-bond acceptors (Lipinski definition) is 4. The quantitative estimate of drug-likeness (QED) is 0.748. The van der Waals surface area contributed by atoms with Gasteiger partial charge in [0.2, 0.25) is 0 Å². The van der Waals surface area contributed by atoms with E-state index in [9.17, 15) is 4.79 Å². The number of methoxy groups -OCH3 is 1. The second-order valence-electron chi connectivity index (χ2n) is 4.93. The van der Waals surface area contributed by atoms with Crippen LogP contribution in [-0.4, -0.2) is 43.7 Å². The minimum Gasteiger partial charge on any atom is -0.492 e. The summed E-state index contributed by atoms with van der Waals surface area (Å²) in [4.78, 5) is 14.5. The lowest BCUT2D eigenvalue weighted by molar-refractivity contribution is 0.0614. The molecule has 1 rings (SSSR count). The van der Waals surface area contributed by atoms with Gasteiger partial charge in [0.05, 0.1) is 18.9 Å². The van der Waals surface area contributed by atoms with Crippen LogP contribution >= 0.6 is 0 Å². The molecule has 2 N–H and O–H groups in total. The molecule has 0 spiro atoms. The number of ether oxygens (including phenoxy) is 2. The first-order valence-corrected chi connectivity index (χ1v) is 7.37. The van der Waals surface area contributed by atoms with Crippen molar-refractivity contribution in [3.63, 3.8) is 0 Å². The van der Waals surface area contributed by atoms with E-state index in [-0.39, 0.29) is 11.9 Å². The topological polar surface area (TPSA) is 64.8 Å². The van der Waals surface area contributed by atoms with Crippen LogP contribution in [0.15, 0.2) is 18.2 Å². The van der Waals surface area contributed by atoms with E-state index in [4.69, 9.17) is 15.2 Å². The van der Waals surface area contributed by atoms with Crippen LogP contribution in [0.3, 0.4) is 0 Å². The van der Waals surface area contributed by atoms with E-state index in [1.54, 1.807) is 25.3 Å². The largest absolute Gasteiger partial charge is 0.492 e. The molecule has 5 heteroatoms. The Hall–Kier alpha value is -1.75. The summed E-state index contributed by atoms with van der Waals surface area (Å²) in [7, 11) is 1.63. The minimum absolute atomic E-state index is 0.0313. The number of nitrogens with two attached hydrogens (primary N) is 1. The van der Waals surface area contributed by atoms with Crippen LogP contribution in [0.25, 0.3) is 0 Å². The van der Waals surface area contributed by atoms with Crippen molar-refractivity contribution < 1.29 is 14.3 Å². The molecular formula is C16H26N2O3. The van der Waals surface area contributed by atoms with Crippen LogP contribution in [-0.2, 0) is 4.74 Å². The summed E-state index contributed by atoms with van der Waals surface area (Å²) in [6, 6.07) is 5.33. The Kier molecular flexibility index (Phi) is 7.02. The van der Waals surface area contributed by atoms with Crippen molar-refractivity contribution in [3.8, 4) is 5.75 Å². The monoisotopic (exact) mass is 294 g/mol. The number of carbonyl (C=O) groups excluding carboxylic acids is 1. The molecule has 0 bridgehead atoms. The number of rotatable bonds is 8. The number of nitrogens with zero attached hydrogens (tertiary/aromatic N) is 1. The first kappa shape index (κ1) is 17.3. The number of benzene rings is 1. The molecule has 1 unspecified atom stereocenters. The highest BCUT2D eigenvalue weighted by atomic mass is 16.5. The zero-order valence-electron chi connectivity index (χ0n) is 13.4. The smallest absolute Gasteiger partial charge is 0.254 e. The normalized spacial score (nSPS) is 12.0. The summed E-state index contributed by atoms with van der Waals surface area (Å²) < 4.78 is 10.5. The fourth-order valence-electron chi connectivity index (χ4n) is 2.07. The molecule has 0 aromatic heterocycles. The Labute approximate surface area is 127 Å². The van der Waals surface area contributed by atoms with E-state index in [1.807, 2.05) is 18.7 Å². The summed E-state index contributed by atoms with van der Waals surface area (Å²) in [6.07, 6.45) is 0.891. The molecule has 0 aliphatic carbocycles. The highest BCUT2D eigenvalue weighted by molar-refractivity contribution is 5.95. The maximum absolute atomic E-state index is 12.6. The van der Waals surface area contributed by atoms with Gasteiger partial charge in [-0.25, -0.2) is 0 Å². The van der Waals surface area contributed by atoms with Gasteiger partial charge < -0.3 is 20.1 Å². The molecule has 0 saturated carbocycles. The van der Waals surface area contributed by atoms with Gasteiger partial charge >= 0.3 is 0 Å². The van der Waals surface area contributed by atoms with Crippen molar-refractivity contribution in [1.82, 2.24) is 4.90 Å². The van der Waals surface area contributed by atoms with Crippen LogP contribution in [0.1, 0.15) is 37.6 Å². The Bertz CT molecular complexity index is 463. The summed E-state index contributed by atoms with van der Waals surface area (Å²) in [6.45, 7) is 7.62. The zero-order chi connectivity index (χ0) is 15.8. The molecule has 1 amide bonds. The van der Waals surface area contributed by atoms with Gasteiger partial charge in [-0.2, -0.15) is 0 Å². The lowest BCUT2D eigenvalue weighted by atomic mass is 10.1. The third-order valence-electron chi connectivity index (χ3n) is 3.48. The van der Waals surface area contributed by atoms with Crippen LogP contribution < -0.4 is 10.5 Å². The van der Waals surface area contributed by atoms with Crippen molar-refractivity contribution >= 4 is 11.6 Å². The van der Waals surface area contributed by atoms with Gasteiger partial charge in [0.1, 0.15) is 5.75 Å². The number of anilines is 1. The van der Waals surface area contributed by atoms with E-state index in [0.717, 1.165) is 6.42 Å². The lowest BCUT2D eigenvalue weighted by Crippen LogP contribution is -2.40. The van der Waals surface area contributed by atoms with Crippen molar-refractivity contribution in [1.29, 1.82) is 0 Å². The molecule has 21 heavy (non-hydrogen) atoms. The van der Waals surface area contributed by atoms with Gasteiger partial charge in [-0.15, -0.1) is 0 Å². The number of nitrogen functional groups attached to an aromatic ring is 1. The molecule has 1 atom stereocenters. The predicted octanol–water partition coefficient (Wildman–Crippen LogP) is 2.55. The maximum atomic E-state index is 12.6. The second kappa shape index (κ2) is 8.52. The fraction of sp³-hybridized carbons (Fsp3) is 0.562. The maximum Gasteiger partial charge on any atom is 0.254 e. The van der Waals surface area contributed by atoms with Crippen LogP contribution in [0.4, 0.5) is 5.69 Å². The Balaban J connectivity index is 2.94. The van der Waals surface area contributed by atoms with E-state index < -0.39 is 0 Å². The van der Waals surface area contributed by atoms with Crippen molar-refractivity contribution in [2.75, 3.05) is 32.6 Å². The minimum atomic E-state index is -0.0313. The average molecular weight is 294 g/mol. The molecule has 0 saturated heterocycles. The van der Waals surface area contributed by atoms with E-state index >= 15 is 0 Å². The molecule has 118 valence electrons. The lowest BCUT2D eigenvalue weighted by Gasteiger charge is -2.28. The SMILES string of the molecule is CCOc1ccc(C(=O)N(CCOC)C(C)CC)cc1N. The molecule has 1 aromatic rings. The van der Waals surface area contributed by atoms with Crippen molar-refractivity contribution in [3.05, 3.63) is 23.8 Å². The van der Waals surface area contributed by atoms with E-state index in [2.05, 4.69) is 6.92 Å². The standard InChI is InChI=1S/C16H26N2O3/c1-5-12(3)18(9-10-20-4)16(19)13-7-8-15(21-6-2)14(17)11-13/h7-8,11-12H,5-6,9-10,17H2,1-4H3. The number of hydrogen-bond donors (Lipinski definition) is 1. The first-order chi connectivity index (χ1) is 10.0. The molecule has 0 aliphatic heterocycles. The van der Waals surface area contributed by atoms with Gasteiger partial charge in [-0.1, -0.05) is 6.92 Å². The molecule has 1 aromatic carbocycles. The first-order valence-electron chi connectivity index (χ1n) is 7.37. The highest BCUT2D eigenvalue weighted by Gasteiger charge is 2.20. The van der Waals surface area contributed by atoms with Gasteiger partial charge in [0, 0.05) is 25.3 Å². The second-order valence-corrected chi connectivity index (χ2v) is 4.93. The third kappa shape index (κ3) is 4.63. The Morgan fingerprint density at radius 3 is 2.62 bits per heavy atom. The van der Waals surface area contributed by atoms with Crippen molar-refractivity contribution in [2.24, 2.45) is 0 Å². The highest BCUT2D eigenvalue weighted by Crippen LogP contribution is 2.23. The van der Waals surface area contributed by atoms with Crippen molar-refractivity contribution in [2.45, 2.75) is 33.2 Å². The molecule has 0 fully saturated rings. The van der Waals surface area contributed by atoms with E-state index in [1.165, 1.54) is 0 Å². The average Bonchev–Trinajstić information content (AvgIpc) is 2.49. The molecule has 5 nitrogen and oxygen atoms in total.